The van der Waals surface area contributed by atoms with E-state index >= 15 is 0 Å². The van der Waals surface area contributed by atoms with Crippen molar-refractivity contribution in [3.8, 4) is 0 Å². The zero-order valence-electron chi connectivity index (χ0n) is 7.75. The largest absolute Gasteiger partial charge is 0.479 e. The maximum absolute atomic E-state index is 11.5. The molecule has 0 saturated carbocycles. The lowest BCUT2D eigenvalue weighted by molar-refractivity contribution is -0.146. The van der Waals surface area contributed by atoms with Gasteiger partial charge in [-0.2, -0.15) is 0 Å². The molecule has 9 heteroatoms. The first kappa shape index (κ1) is 13.4. The Labute approximate surface area is 101 Å². The maximum atomic E-state index is 11.5. The number of aliphatic hydroxyl groups excluding tert-OH is 1. The van der Waals surface area contributed by atoms with Crippen LogP contribution in [0, 0.1) is 0 Å². The average Bonchev–Trinajstić information content (AvgIpc) is 2.61. The summed E-state index contributed by atoms with van der Waals surface area (Å²) in [6.07, 6.45) is -1.77. The lowest BCUT2D eigenvalue weighted by atomic mass is 10.4. The van der Waals surface area contributed by atoms with Gasteiger partial charge in [0.2, 0.25) is 10.0 Å². The van der Waals surface area contributed by atoms with Crippen molar-refractivity contribution in [3.05, 3.63) is 16.5 Å². The third kappa shape index (κ3) is 3.42. The van der Waals surface area contributed by atoms with Crippen LogP contribution >= 0.6 is 22.9 Å². The summed E-state index contributed by atoms with van der Waals surface area (Å²) in [6.45, 7) is -0.590. The fourth-order valence-electron chi connectivity index (χ4n) is 0.789. The number of carbonyl (C=O) groups is 1. The van der Waals surface area contributed by atoms with Gasteiger partial charge < -0.3 is 10.2 Å². The Hall–Kier alpha value is -0.670. The van der Waals surface area contributed by atoms with E-state index in [4.69, 9.17) is 21.8 Å². The maximum Gasteiger partial charge on any atom is 0.333 e. The molecule has 3 N–H and O–H groups in total. The second kappa shape index (κ2) is 5.11. The van der Waals surface area contributed by atoms with Crippen molar-refractivity contribution in [2.45, 2.75) is 10.3 Å². The molecule has 0 aliphatic carbocycles. The highest BCUT2D eigenvalue weighted by molar-refractivity contribution is 7.91. The van der Waals surface area contributed by atoms with E-state index in [1.165, 1.54) is 12.1 Å². The highest BCUT2D eigenvalue weighted by atomic mass is 35.5. The molecule has 0 unspecified atom stereocenters. The predicted octanol–water partition coefficient (Wildman–Crippen LogP) is 0.125. The topological polar surface area (TPSA) is 104 Å². The minimum absolute atomic E-state index is 0.0323. The number of hydrogen-bond donors (Lipinski definition) is 3. The molecular weight excluding hydrogens is 278 g/mol. The first-order valence-electron chi connectivity index (χ1n) is 3.99. The number of halogens is 1. The smallest absolute Gasteiger partial charge is 0.333 e. The fraction of sp³-hybridized carbons (Fsp3) is 0.286. The minimum Gasteiger partial charge on any atom is -0.479 e. The minimum atomic E-state index is -3.81. The van der Waals surface area contributed by atoms with E-state index in [2.05, 4.69) is 0 Å². The van der Waals surface area contributed by atoms with E-state index < -0.39 is 28.6 Å². The van der Waals surface area contributed by atoms with Crippen molar-refractivity contribution in [2.75, 3.05) is 6.54 Å². The van der Waals surface area contributed by atoms with Gasteiger partial charge in [0, 0.05) is 6.54 Å². The second-order valence-electron chi connectivity index (χ2n) is 2.76. The Morgan fingerprint density at radius 3 is 2.62 bits per heavy atom. The van der Waals surface area contributed by atoms with Crippen molar-refractivity contribution < 1.29 is 23.4 Å². The van der Waals surface area contributed by atoms with Gasteiger partial charge in [-0.1, -0.05) is 11.6 Å². The Kier molecular flexibility index (Phi) is 4.28. The first-order valence-corrected chi connectivity index (χ1v) is 6.66. The van der Waals surface area contributed by atoms with E-state index in [0.717, 1.165) is 11.3 Å². The Morgan fingerprint density at radius 2 is 2.19 bits per heavy atom. The molecule has 1 rings (SSSR count). The average molecular weight is 286 g/mol. The molecule has 0 radical (unpaired) electrons. The summed E-state index contributed by atoms with van der Waals surface area (Å²) < 4.78 is 25.3. The molecule has 6 nitrogen and oxygen atoms in total. The van der Waals surface area contributed by atoms with E-state index in [9.17, 15) is 13.2 Å². The third-order valence-electron chi connectivity index (χ3n) is 1.57. The standard InChI is InChI=1S/C7H8ClNO5S2/c8-5-1-2-6(15-5)16(13,14)9-3-4(10)7(11)12/h1-2,4,9-10H,3H2,(H,11,12)/t4-/m0/s1. The van der Waals surface area contributed by atoms with E-state index in [0.29, 0.717) is 4.34 Å². The van der Waals surface area contributed by atoms with Gasteiger partial charge >= 0.3 is 5.97 Å². The fourth-order valence-corrected chi connectivity index (χ4v) is 3.35. The number of carboxylic acid groups (broad SMARTS) is 1. The summed E-state index contributed by atoms with van der Waals surface area (Å²) in [5.41, 5.74) is 0. The molecule has 0 fully saturated rings. The second-order valence-corrected chi connectivity index (χ2v) is 6.47. The van der Waals surface area contributed by atoms with Crippen LogP contribution in [-0.4, -0.2) is 37.2 Å². The van der Waals surface area contributed by atoms with Gasteiger partial charge in [0.15, 0.2) is 6.10 Å². The SMILES string of the molecule is O=C(O)[C@@H](O)CNS(=O)(=O)c1ccc(Cl)s1. The van der Waals surface area contributed by atoms with Crippen LogP contribution < -0.4 is 4.72 Å². The van der Waals surface area contributed by atoms with Crippen molar-refractivity contribution in [1.29, 1.82) is 0 Å². The van der Waals surface area contributed by atoms with Gasteiger partial charge in [0.1, 0.15) is 4.21 Å². The number of aliphatic hydroxyl groups is 1. The van der Waals surface area contributed by atoms with Crippen LogP contribution in [0.25, 0.3) is 0 Å². The van der Waals surface area contributed by atoms with Crippen LogP contribution in [0.4, 0.5) is 0 Å². The number of sulfonamides is 1. The van der Waals surface area contributed by atoms with E-state index in [1.807, 2.05) is 4.72 Å². The van der Waals surface area contributed by atoms with Crippen LogP contribution in [0.1, 0.15) is 0 Å². The summed E-state index contributed by atoms with van der Waals surface area (Å²) in [7, 11) is -3.81. The third-order valence-corrected chi connectivity index (χ3v) is 4.71. The first-order chi connectivity index (χ1) is 7.33. The molecule has 90 valence electrons. The van der Waals surface area contributed by atoms with Crippen LogP contribution in [0.5, 0.6) is 0 Å². The van der Waals surface area contributed by atoms with E-state index in [1.54, 1.807) is 0 Å². The van der Waals surface area contributed by atoms with E-state index in [-0.39, 0.29) is 4.21 Å². The lowest BCUT2D eigenvalue weighted by Gasteiger charge is -2.06. The molecule has 1 atom stereocenters. The molecule has 0 saturated heterocycles. The summed E-state index contributed by atoms with van der Waals surface area (Å²) in [5, 5.41) is 17.2. The molecule has 0 aliphatic heterocycles. The summed E-state index contributed by atoms with van der Waals surface area (Å²) in [6, 6.07) is 2.71. The molecule has 0 aromatic carbocycles. The summed E-state index contributed by atoms with van der Waals surface area (Å²) >= 11 is 6.40. The van der Waals surface area contributed by atoms with Crippen LogP contribution in [-0.2, 0) is 14.8 Å². The zero-order valence-corrected chi connectivity index (χ0v) is 10.1. The van der Waals surface area contributed by atoms with Gasteiger partial charge in [-0.05, 0) is 12.1 Å². The van der Waals surface area contributed by atoms with Gasteiger partial charge in [0.05, 0.1) is 4.34 Å². The van der Waals surface area contributed by atoms with Gasteiger partial charge in [-0.15, -0.1) is 11.3 Å². The Bertz CT molecular complexity index is 483. The van der Waals surface area contributed by atoms with Crippen LogP contribution in [0.2, 0.25) is 4.34 Å². The van der Waals surface area contributed by atoms with Crippen molar-refractivity contribution in [2.24, 2.45) is 0 Å². The Morgan fingerprint density at radius 1 is 1.56 bits per heavy atom. The molecule has 1 aromatic heterocycles. The molecule has 16 heavy (non-hydrogen) atoms. The molecule has 0 aliphatic rings. The number of aliphatic carboxylic acids is 1. The quantitative estimate of drug-likeness (QED) is 0.713. The number of carboxylic acids is 1. The molecule has 0 amide bonds. The van der Waals surface area contributed by atoms with Crippen LogP contribution in [0.15, 0.2) is 16.3 Å². The predicted molar refractivity (Wildman–Crippen MR) is 58.2 cm³/mol. The lowest BCUT2D eigenvalue weighted by Crippen LogP contribution is -2.36. The molecule has 0 spiro atoms. The molecule has 0 bridgehead atoms. The summed E-state index contributed by atoms with van der Waals surface area (Å²) in [4.78, 5) is 10.3. The molecule has 1 heterocycles. The van der Waals surface area contributed by atoms with Crippen molar-refractivity contribution in [1.82, 2.24) is 4.72 Å². The monoisotopic (exact) mass is 285 g/mol. The number of nitrogens with one attached hydrogen (secondary N) is 1. The highest BCUT2D eigenvalue weighted by Crippen LogP contribution is 2.25. The van der Waals surface area contributed by atoms with Crippen molar-refractivity contribution in [3.63, 3.8) is 0 Å². The highest BCUT2D eigenvalue weighted by Gasteiger charge is 2.20. The van der Waals surface area contributed by atoms with Crippen LogP contribution in [0.3, 0.4) is 0 Å². The van der Waals surface area contributed by atoms with Gasteiger partial charge in [-0.25, -0.2) is 17.9 Å². The number of rotatable bonds is 5. The summed E-state index contributed by atoms with van der Waals surface area (Å²) in [5.74, 6) is -1.49. The number of thiophene rings is 1. The normalized spacial score (nSPS) is 13.6. The molecular formula is C7H8ClNO5S2. The Balaban J connectivity index is 2.70. The molecule has 1 aromatic rings. The number of hydrogen-bond acceptors (Lipinski definition) is 5. The van der Waals surface area contributed by atoms with Gasteiger partial charge in [0.25, 0.3) is 0 Å². The van der Waals surface area contributed by atoms with Gasteiger partial charge in [-0.3, -0.25) is 0 Å². The van der Waals surface area contributed by atoms with Crippen molar-refractivity contribution >= 4 is 38.9 Å². The zero-order chi connectivity index (χ0) is 12.3.